The van der Waals surface area contributed by atoms with Crippen LogP contribution in [0, 0.1) is 0 Å². The number of carbonyl (C=O) groups excluding carboxylic acids is 1. The Kier molecular flexibility index (Phi) is 3.23. The monoisotopic (exact) mass is 326 g/mol. The van der Waals surface area contributed by atoms with Crippen molar-refractivity contribution >= 4 is 36.3 Å². The van der Waals surface area contributed by atoms with E-state index < -0.39 is 7.04 Å². The van der Waals surface area contributed by atoms with Crippen LogP contribution in [0.2, 0.25) is 0 Å². The highest BCUT2D eigenvalue weighted by atomic mass is 19.3. The molecule has 2 aromatic rings. The largest absolute Gasteiger partial charge is 0.834 e. The van der Waals surface area contributed by atoms with Crippen LogP contribution in [0.5, 0.6) is 0 Å². The number of fused-ring (bicyclic) bond motifs is 2. The van der Waals surface area contributed by atoms with Gasteiger partial charge in [-0.2, -0.15) is 0 Å². The summed E-state index contributed by atoms with van der Waals surface area (Å²) in [5, 5.41) is 2.72. The van der Waals surface area contributed by atoms with E-state index in [9.17, 15) is 13.4 Å². The predicted octanol–water partition coefficient (Wildman–Crippen LogP) is 3.56. The maximum Gasteiger partial charge on any atom is 0.834 e. The fourth-order valence-electron chi connectivity index (χ4n) is 2.96. The minimum absolute atomic E-state index is 0.0283. The Morgan fingerprint density at radius 1 is 1.04 bits per heavy atom. The molecule has 120 valence electrons. The quantitative estimate of drug-likeness (QED) is 0.814. The first kappa shape index (κ1) is 14.6. The van der Waals surface area contributed by atoms with Gasteiger partial charge in [0.1, 0.15) is 6.21 Å². The molecule has 7 heteroatoms. The van der Waals surface area contributed by atoms with Crippen LogP contribution in [0.25, 0.3) is 5.76 Å². The summed E-state index contributed by atoms with van der Waals surface area (Å²) in [6, 6.07) is 15.0. The number of amides is 1. The summed E-state index contributed by atoms with van der Waals surface area (Å²) >= 11 is 0. The van der Waals surface area contributed by atoms with Gasteiger partial charge in [0.05, 0.1) is 23.4 Å². The van der Waals surface area contributed by atoms with Gasteiger partial charge >= 0.3 is 7.04 Å². The van der Waals surface area contributed by atoms with Crippen molar-refractivity contribution in [1.29, 1.82) is 0 Å². The minimum atomic E-state index is -4.30. The zero-order chi connectivity index (χ0) is 16.7. The van der Waals surface area contributed by atoms with Crippen molar-refractivity contribution in [1.82, 2.24) is 0 Å². The number of hydrogen-bond donors (Lipinski definition) is 1. The van der Waals surface area contributed by atoms with E-state index in [-0.39, 0.29) is 18.1 Å². The molecule has 1 N–H and O–H groups in total. The summed E-state index contributed by atoms with van der Waals surface area (Å²) in [6.07, 6.45) is 1.29. The molecule has 4 rings (SSSR count). The van der Waals surface area contributed by atoms with Crippen LogP contribution in [0.3, 0.4) is 0 Å². The highest BCUT2D eigenvalue weighted by Crippen LogP contribution is 2.38. The number of anilines is 1. The zero-order valence-corrected chi connectivity index (χ0v) is 12.6. The third-order valence-corrected chi connectivity index (χ3v) is 4.02. The van der Waals surface area contributed by atoms with Crippen LogP contribution in [0.4, 0.5) is 20.0 Å². The molecule has 2 heterocycles. The topological polar surface area (TPSA) is 41.3 Å². The smallest absolute Gasteiger partial charge is 0.599 e. The van der Waals surface area contributed by atoms with Crippen LogP contribution in [-0.2, 0) is 9.45 Å². The van der Waals surface area contributed by atoms with E-state index in [1.54, 1.807) is 54.6 Å². The van der Waals surface area contributed by atoms with E-state index in [1.807, 2.05) is 0 Å². The van der Waals surface area contributed by atoms with E-state index >= 15 is 0 Å². The number of nitrogens with zero attached hydrogens (tertiary/aromatic N) is 1. The third-order valence-electron chi connectivity index (χ3n) is 4.02. The molecular weight excluding hydrogens is 313 g/mol. The van der Waals surface area contributed by atoms with Gasteiger partial charge in [-0.15, -0.1) is 0 Å². The van der Waals surface area contributed by atoms with Gasteiger partial charge in [0.15, 0.2) is 5.69 Å². The fraction of sp³-hybridized carbons (Fsp3) is 0.0588. The number of carbonyl (C=O) groups is 1. The second-order valence-electron chi connectivity index (χ2n) is 5.68. The first-order chi connectivity index (χ1) is 11.5. The van der Waals surface area contributed by atoms with Crippen molar-refractivity contribution in [3.63, 3.8) is 0 Å². The van der Waals surface area contributed by atoms with Gasteiger partial charge < -0.3 is 23.1 Å². The predicted molar refractivity (Wildman–Crippen MR) is 88.1 cm³/mol. The molecule has 2 aliphatic rings. The van der Waals surface area contributed by atoms with Gasteiger partial charge in [-0.25, -0.2) is 0 Å². The number of rotatable bonds is 1. The lowest BCUT2D eigenvalue weighted by atomic mass is 9.95. The van der Waals surface area contributed by atoms with E-state index in [4.69, 9.17) is 4.65 Å². The molecule has 4 nitrogen and oxygen atoms in total. The van der Waals surface area contributed by atoms with Gasteiger partial charge in [-0.1, -0.05) is 30.3 Å². The van der Waals surface area contributed by atoms with Crippen LogP contribution < -0.4 is 5.32 Å². The molecule has 0 saturated carbocycles. The minimum Gasteiger partial charge on any atom is -0.599 e. The summed E-state index contributed by atoms with van der Waals surface area (Å²) in [7, 11) is -4.30. The summed E-state index contributed by atoms with van der Waals surface area (Å²) in [5.41, 5.74) is 1.67. The average molecular weight is 326 g/mol. The zero-order valence-electron chi connectivity index (χ0n) is 12.6. The number of halogens is 2. The molecular formula is C17H13BF2N2O2. The van der Waals surface area contributed by atoms with E-state index in [0.717, 1.165) is 4.49 Å². The lowest BCUT2D eigenvalue weighted by Crippen LogP contribution is -2.43. The first-order valence-corrected chi connectivity index (χ1v) is 7.55. The Hall–Kier alpha value is -2.96. The Balaban J connectivity index is 1.92. The van der Waals surface area contributed by atoms with Gasteiger partial charge in [-0.3, -0.25) is 4.79 Å². The highest BCUT2D eigenvalue weighted by Gasteiger charge is 2.51. The SMILES string of the molecule is O=C1CC2=C(O[B-](F)(F)[N+](c3ccccc3)=C2)c2ccccc2N1. The van der Waals surface area contributed by atoms with Crippen molar-refractivity contribution in [2.75, 3.05) is 5.32 Å². The molecule has 0 aliphatic carbocycles. The molecule has 0 bridgehead atoms. The second kappa shape index (κ2) is 5.30. The number of benzene rings is 2. The highest BCUT2D eigenvalue weighted by molar-refractivity contribution is 6.53. The van der Waals surface area contributed by atoms with Crippen LogP contribution in [0.15, 0.2) is 60.2 Å². The van der Waals surface area contributed by atoms with Gasteiger partial charge in [0.25, 0.3) is 0 Å². The molecule has 0 atom stereocenters. The Morgan fingerprint density at radius 2 is 1.75 bits per heavy atom. The average Bonchev–Trinajstić information content (AvgIpc) is 2.70. The van der Waals surface area contributed by atoms with Crippen LogP contribution in [0.1, 0.15) is 12.0 Å². The Labute approximate surface area is 137 Å². The summed E-state index contributed by atoms with van der Waals surface area (Å²) in [6.45, 7) is 0. The summed E-state index contributed by atoms with van der Waals surface area (Å²) in [5.74, 6) is -0.209. The first-order valence-electron chi connectivity index (χ1n) is 7.55. The molecule has 24 heavy (non-hydrogen) atoms. The third kappa shape index (κ3) is 2.38. The van der Waals surface area contributed by atoms with Crippen LogP contribution in [-0.4, -0.2) is 23.6 Å². The van der Waals surface area contributed by atoms with Gasteiger partial charge in [0.2, 0.25) is 5.91 Å². The number of para-hydroxylation sites is 2. The molecule has 0 aromatic heterocycles. The van der Waals surface area contributed by atoms with Crippen LogP contribution >= 0.6 is 0 Å². The molecule has 2 aromatic carbocycles. The maximum atomic E-state index is 14.6. The Bertz CT molecular complexity index is 894. The summed E-state index contributed by atoms with van der Waals surface area (Å²) in [4.78, 5) is 12.1. The standard InChI is InChI=1S/C17H13BF2N2O2/c19-18(20)22(13-6-2-1-3-7-13)11-12-10-16(23)21-15-9-5-4-8-14(15)17(12)24-18/h1-9,11H,10H2,(H,21,23). The molecule has 0 radical (unpaired) electrons. The number of nitrogens with one attached hydrogen (secondary N) is 1. The van der Waals surface area contributed by atoms with Crippen molar-refractivity contribution in [2.24, 2.45) is 0 Å². The fourth-order valence-corrected chi connectivity index (χ4v) is 2.96. The second-order valence-corrected chi connectivity index (χ2v) is 5.68. The molecule has 0 fully saturated rings. The number of hydrogen-bond acceptors (Lipinski definition) is 2. The molecule has 1 amide bonds. The van der Waals surface area contributed by atoms with Crippen molar-refractivity contribution in [3.8, 4) is 0 Å². The summed E-state index contributed by atoms with van der Waals surface area (Å²) < 4.78 is 35.2. The maximum absolute atomic E-state index is 14.6. The molecule has 0 saturated heterocycles. The van der Waals surface area contributed by atoms with Crippen molar-refractivity contribution in [3.05, 3.63) is 65.7 Å². The van der Waals surface area contributed by atoms with Gasteiger partial charge in [-0.05, 0) is 12.1 Å². The van der Waals surface area contributed by atoms with Crippen molar-refractivity contribution in [2.45, 2.75) is 6.42 Å². The molecule has 0 spiro atoms. The van der Waals surface area contributed by atoms with Crippen molar-refractivity contribution < 1.29 is 22.6 Å². The van der Waals surface area contributed by atoms with Gasteiger partial charge in [0, 0.05) is 17.7 Å². The lowest BCUT2D eigenvalue weighted by Gasteiger charge is -2.30. The van der Waals surface area contributed by atoms with E-state index in [1.165, 1.54) is 6.21 Å². The molecule has 2 aliphatic heterocycles. The molecule has 0 unspecified atom stereocenters. The Morgan fingerprint density at radius 3 is 2.54 bits per heavy atom. The lowest BCUT2D eigenvalue weighted by molar-refractivity contribution is -0.345. The normalized spacial score (nSPS) is 18.6. The van der Waals surface area contributed by atoms with E-state index in [0.29, 0.717) is 22.5 Å². The van der Waals surface area contributed by atoms with E-state index in [2.05, 4.69) is 5.32 Å².